The summed E-state index contributed by atoms with van der Waals surface area (Å²) in [4.78, 5) is 0. The Kier molecular flexibility index (Phi) is 23.5. The van der Waals surface area contributed by atoms with E-state index in [0.717, 1.165) is 0 Å². The molecule has 3 aliphatic heterocycles. The third-order valence-electron chi connectivity index (χ3n) is 6.74. The van der Waals surface area contributed by atoms with Crippen LogP contribution in [0.25, 0.3) is 0 Å². The second kappa shape index (κ2) is 21.7. The molecule has 0 bridgehead atoms. The molecule has 9 nitrogen and oxygen atoms in total. The normalized spacial score (nSPS) is 40.8. The molecule has 0 aromatic carbocycles. The second-order valence-corrected chi connectivity index (χ2v) is 10.9. The van der Waals surface area contributed by atoms with Crippen molar-refractivity contribution in [3.8, 4) is 0 Å². The van der Waals surface area contributed by atoms with Crippen molar-refractivity contribution in [2.45, 2.75) is 82.4 Å². The van der Waals surface area contributed by atoms with Crippen LogP contribution in [-0.2, 0) is 41.4 Å². The highest BCUT2D eigenvalue weighted by Gasteiger charge is 2.41. The Balaban J connectivity index is 0.000000518. The number of halogens is 1. The van der Waals surface area contributed by atoms with Crippen molar-refractivity contribution in [3.05, 3.63) is 0 Å². The summed E-state index contributed by atoms with van der Waals surface area (Å²) in [6, 6.07) is -0.499. The smallest absolute Gasteiger partial charge is 0.109 e. The van der Waals surface area contributed by atoms with E-state index < -0.39 is 0 Å². The van der Waals surface area contributed by atoms with Gasteiger partial charge in [-0.25, -0.2) is 0 Å². The molecule has 216 valence electrons. The molecule has 3 heterocycles. The fourth-order valence-corrected chi connectivity index (χ4v) is 6.10. The Morgan fingerprint density at radius 2 is 0.838 bits per heavy atom. The summed E-state index contributed by atoms with van der Waals surface area (Å²) in [6.45, 7) is 9.73. The molecular formula is C19H43B2IO9P6. The van der Waals surface area contributed by atoms with Crippen LogP contribution in [0.4, 0.5) is 0 Å². The van der Waals surface area contributed by atoms with Crippen LogP contribution in [0, 0.1) is 17.8 Å². The standard InChI is InChI=1S/C7H16O3P2.2C6H13BO3P2.HI/c1-4-5(2)9-6(3-8-11)7(4)10-12;2*1-3-5(10-12)4(2-8-11)9-6(3)7;/h4-7H,3,11-12H2,1-2H3;2*3-6H,2,11-12H2,1H3;1H/t4?,5?,6-,7+;2*3?,4-,5+,6-;/m000./s1. The second-order valence-electron chi connectivity index (χ2n) is 9.04. The molecule has 0 aromatic rings. The Labute approximate surface area is 256 Å². The summed E-state index contributed by atoms with van der Waals surface area (Å²) in [5.41, 5.74) is 0. The Morgan fingerprint density at radius 3 is 1.14 bits per heavy atom. The van der Waals surface area contributed by atoms with Gasteiger partial charge in [-0.05, 0) is 6.92 Å². The van der Waals surface area contributed by atoms with Gasteiger partial charge in [0.1, 0.15) is 34.0 Å². The molecule has 3 rings (SSSR count). The third-order valence-corrected chi connectivity index (χ3v) is 8.26. The Bertz CT molecular complexity index is 526. The molecule has 18 heteroatoms. The summed E-state index contributed by atoms with van der Waals surface area (Å²) in [7, 11) is 24.8. The molecule has 3 saturated heterocycles. The average molecular weight is 750 g/mol. The zero-order valence-corrected chi connectivity index (χ0v) is 31.0. The summed E-state index contributed by atoms with van der Waals surface area (Å²) < 4.78 is 46.9. The van der Waals surface area contributed by atoms with Crippen LogP contribution in [0.5, 0.6) is 0 Å². The van der Waals surface area contributed by atoms with E-state index in [9.17, 15) is 0 Å². The number of ether oxygens (including phenoxy) is 3. The number of hydrogen-bond acceptors (Lipinski definition) is 9. The molecule has 0 aliphatic carbocycles. The van der Waals surface area contributed by atoms with Crippen molar-refractivity contribution in [1.29, 1.82) is 0 Å². The van der Waals surface area contributed by atoms with Gasteiger partial charge in [0.25, 0.3) is 0 Å². The van der Waals surface area contributed by atoms with Gasteiger partial charge < -0.3 is 41.4 Å². The van der Waals surface area contributed by atoms with Crippen LogP contribution in [0.1, 0.15) is 27.7 Å². The van der Waals surface area contributed by atoms with Crippen molar-refractivity contribution in [2.75, 3.05) is 19.8 Å². The monoisotopic (exact) mass is 750 g/mol. The van der Waals surface area contributed by atoms with Crippen molar-refractivity contribution in [3.63, 3.8) is 0 Å². The van der Waals surface area contributed by atoms with Crippen molar-refractivity contribution in [1.82, 2.24) is 0 Å². The zero-order valence-electron chi connectivity index (χ0n) is 21.8. The van der Waals surface area contributed by atoms with Crippen molar-refractivity contribution >= 4 is 96.5 Å². The average Bonchev–Trinajstić information content (AvgIpc) is 3.39. The fraction of sp³-hybridized carbons (Fsp3) is 1.00. The van der Waals surface area contributed by atoms with Gasteiger partial charge in [0.15, 0.2) is 0 Å². The van der Waals surface area contributed by atoms with E-state index in [-0.39, 0.29) is 90.5 Å². The van der Waals surface area contributed by atoms with Gasteiger partial charge in [-0.2, -0.15) is 0 Å². The lowest BCUT2D eigenvalue weighted by Crippen LogP contribution is -2.29. The molecule has 0 amide bonds. The van der Waals surface area contributed by atoms with Gasteiger partial charge in [-0.15, -0.1) is 24.0 Å². The van der Waals surface area contributed by atoms with Crippen molar-refractivity contribution in [2.24, 2.45) is 17.8 Å². The van der Waals surface area contributed by atoms with Gasteiger partial charge >= 0.3 is 0 Å². The largest absolute Gasteiger partial charge is 0.379 e. The van der Waals surface area contributed by atoms with E-state index in [1.165, 1.54) is 0 Å². The molecule has 4 radical (unpaired) electrons. The predicted octanol–water partition coefficient (Wildman–Crippen LogP) is 3.01. The summed E-state index contributed by atoms with van der Waals surface area (Å²) in [6.07, 6.45) is 0.322. The van der Waals surface area contributed by atoms with Gasteiger partial charge in [-0.1, -0.05) is 20.8 Å². The van der Waals surface area contributed by atoms with E-state index >= 15 is 0 Å². The molecule has 0 N–H and O–H groups in total. The van der Waals surface area contributed by atoms with E-state index in [1.54, 1.807) is 0 Å². The van der Waals surface area contributed by atoms with Crippen LogP contribution < -0.4 is 0 Å². The minimum atomic E-state index is -0.249. The lowest BCUT2D eigenvalue weighted by Gasteiger charge is -2.18. The van der Waals surface area contributed by atoms with E-state index in [4.69, 9.17) is 57.0 Å². The van der Waals surface area contributed by atoms with Crippen LogP contribution in [0.2, 0.25) is 0 Å². The fourth-order valence-electron chi connectivity index (χ4n) is 4.26. The van der Waals surface area contributed by atoms with E-state index in [0.29, 0.717) is 25.7 Å². The molecule has 10 unspecified atom stereocenters. The number of rotatable bonds is 9. The molecule has 0 spiro atoms. The molecule has 3 aliphatic rings. The summed E-state index contributed by atoms with van der Waals surface area (Å²) in [5, 5.41) is 0. The molecular weight excluding hydrogens is 707 g/mol. The van der Waals surface area contributed by atoms with Crippen LogP contribution in [0.3, 0.4) is 0 Å². The Hall–Kier alpha value is 3.08. The lowest BCUT2D eigenvalue weighted by atomic mass is 9.86. The maximum atomic E-state index is 5.69. The minimum absolute atomic E-state index is 0. The highest BCUT2D eigenvalue weighted by molar-refractivity contribution is 14.0. The highest BCUT2D eigenvalue weighted by atomic mass is 127. The van der Waals surface area contributed by atoms with Crippen LogP contribution >= 0.6 is 80.8 Å². The maximum Gasteiger partial charge on any atom is 0.109 e. The molecule has 0 saturated carbocycles. The zero-order chi connectivity index (χ0) is 27.4. The van der Waals surface area contributed by atoms with E-state index in [2.05, 4.69) is 70.6 Å². The van der Waals surface area contributed by atoms with Gasteiger partial charge in [0.05, 0.1) is 44.2 Å². The highest BCUT2D eigenvalue weighted by Crippen LogP contribution is 2.31. The molecule has 18 atom stereocenters. The topological polar surface area (TPSA) is 83.1 Å². The summed E-state index contributed by atoms with van der Waals surface area (Å²) >= 11 is 0. The molecule has 37 heavy (non-hydrogen) atoms. The Morgan fingerprint density at radius 1 is 0.541 bits per heavy atom. The SMILES string of the molecule is CC1O[C@@H](COP)[C@H](OP)C1C.I.[B][C@H]1O[C@@H](COP)[C@H](OP)C1C.[B][C@H]1O[C@@H](COP)[C@H](OP)C1C. The minimum Gasteiger partial charge on any atom is -0.379 e. The van der Waals surface area contributed by atoms with Gasteiger partial charge in [-0.3, -0.25) is 0 Å². The van der Waals surface area contributed by atoms with Gasteiger partial charge in [0.2, 0.25) is 0 Å². The first-order valence-corrected chi connectivity index (χ1v) is 14.4. The first-order valence-electron chi connectivity index (χ1n) is 11.6. The van der Waals surface area contributed by atoms with Gasteiger partial charge in [0, 0.05) is 86.6 Å². The first kappa shape index (κ1) is 40.1. The summed E-state index contributed by atoms with van der Waals surface area (Å²) in [5.74, 6) is 0.827. The van der Waals surface area contributed by atoms with Crippen molar-refractivity contribution < 1.29 is 41.4 Å². The molecule has 0 aromatic heterocycles. The number of hydrogen-bond donors (Lipinski definition) is 0. The first-order chi connectivity index (χ1) is 17.1. The maximum absolute atomic E-state index is 5.69. The third kappa shape index (κ3) is 12.3. The lowest BCUT2D eigenvalue weighted by molar-refractivity contribution is 0.00285. The predicted molar refractivity (Wildman–Crippen MR) is 177 cm³/mol. The van der Waals surface area contributed by atoms with Crippen LogP contribution in [0.15, 0.2) is 0 Å². The quantitative estimate of drug-likeness (QED) is 0.201. The van der Waals surface area contributed by atoms with Crippen LogP contribution in [-0.4, -0.2) is 90.2 Å². The molecule has 3 fully saturated rings. The van der Waals surface area contributed by atoms with E-state index in [1.807, 2.05) is 13.8 Å².